The Morgan fingerprint density at radius 3 is 2.52 bits per heavy atom. The lowest BCUT2D eigenvalue weighted by Gasteiger charge is -2.08. The van der Waals surface area contributed by atoms with E-state index in [4.69, 9.17) is 0 Å². The monoisotopic (exact) mass is 308 g/mol. The van der Waals surface area contributed by atoms with Gasteiger partial charge in [0.25, 0.3) is 10.0 Å². The third-order valence-electron chi connectivity index (χ3n) is 2.93. The van der Waals surface area contributed by atoms with Crippen molar-refractivity contribution in [1.29, 1.82) is 0 Å². The third kappa shape index (κ3) is 4.30. The molecule has 1 aromatic heterocycles. The minimum absolute atomic E-state index is 0.0636. The topological polar surface area (TPSA) is 86.9 Å². The highest BCUT2D eigenvalue weighted by molar-refractivity contribution is 7.92. The van der Waals surface area contributed by atoms with Gasteiger partial charge in [0.05, 0.1) is 6.20 Å². The number of H-pyrrole nitrogens is 1. The molecule has 0 aliphatic carbocycles. The molecule has 1 aromatic carbocycles. The van der Waals surface area contributed by atoms with Gasteiger partial charge in [-0.2, -0.15) is 8.42 Å². The van der Waals surface area contributed by atoms with Crippen molar-refractivity contribution >= 4 is 15.7 Å². The Bertz CT molecular complexity index is 677. The molecule has 0 radical (unpaired) electrons. The van der Waals surface area contributed by atoms with Gasteiger partial charge in [0.15, 0.2) is 5.03 Å². The number of nitrogens with zero attached hydrogens (tertiary/aromatic N) is 1. The molecule has 0 aliphatic heterocycles. The Morgan fingerprint density at radius 1 is 1.24 bits per heavy atom. The number of sulfonamides is 1. The molecular formula is C14H20N4O2S. The van der Waals surface area contributed by atoms with E-state index in [1.54, 1.807) is 19.1 Å². The van der Waals surface area contributed by atoms with E-state index in [9.17, 15) is 8.42 Å². The second-order valence-corrected chi connectivity index (χ2v) is 6.46. The first-order valence-corrected chi connectivity index (χ1v) is 8.33. The van der Waals surface area contributed by atoms with Crippen molar-refractivity contribution in [2.24, 2.45) is 0 Å². The second kappa shape index (κ2) is 6.73. The van der Waals surface area contributed by atoms with Crippen LogP contribution < -0.4 is 10.0 Å². The Balaban J connectivity index is 2.03. The molecule has 0 saturated heterocycles. The summed E-state index contributed by atoms with van der Waals surface area (Å²) in [5.41, 5.74) is 1.64. The maximum Gasteiger partial charge on any atom is 0.278 e. The number of imidazole rings is 1. The SMILES string of the molecule is CCCNCc1ccc(NS(=O)(=O)c2cnc(C)[nH]2)cc1. The van der Waals surface area contributed by atoms with Crippen LogP contribution in [0.25, 0.3) is 0 Å². The van der Waals surface area contributed by atoms with E-state index in [1.165, 1.54) is 6.20 Å². The van der Waals surface area contributed by atoms with Crippen molar-refractivity contribution in [3.8, 4) is 0 Å². The highest BCUT2D eigenvalue weighted by atomic mass is 32.2. The van der Waals surface area contributed by atoms with Gasteiger partial charge in [-0.05, 0) is 37.6 Å². The predicted molar refractivity (Wildman–Crippen MR) is 82.6 cm³/mol. The second-order valence-electron chi connectivity index (χ2n) is 4.81. The van der Waals surface area contributed by atoms with Crippen molar-refractivity contribution < 1.29 is 8.42 Å². The molecular weight excluding hydrogens is 288 g/mol. The normalized spacial score (nSPS) is 11.5. The fraction of sp³-hybridized carbons (Fsp3) is 0.357. The Morgan fingerprint density at radius 2 is 1.95 bits per heavy atom. The number of aromatic amines is 1. The molecule has 114 valence electrons. The first kappa shape index (κ1) is 15.5. The summed E-state index contributed by atoms with van der Waals surface area (Å²) < 4.78 is 26.8. The molecule has 6 nitrogen and oxygen atoms in total. The van der Waals surface area contributed by atoms with Crippen molar-refractivity contribution in [2.75, 3.05) is 11.3 Å². The molecule has 0 aliphatic rings. The van der Waals surface area contributed by atoms with E-state index < -0.39 is 10.0 Å². The van der Waals surface area contributed by atoms with Crippen LogP contribution in [0.4, 0.5) is 5.69 Å². The van der Waals surface area contributed by atoms with Crippen LogP contribution in [-0.4, -0.2) is 24.9 Å². The first-order valence-electron chi connectivity index (χ1n) is 6.85. The van der Waals surface area contributed by atoms with Gasteiger partial charge in [0.2, 0.25) is 0 Å². The van der Waals surface area contributed by atoms with Crippen molar-refractivity contribution in [3.05, 3.63) is 41.9 Å². The van der Waals surface area contributed by atoms with Gasteiger partial charge in [-0.15, -0.1) is 0 Å². The van der Waals surface area contributed by atoms with Crippen LogP contribution in [0.5, 0.6) is 0 Å². The molecule has 7 heteroatoms. The highest BCUT2D eigenvalue weighted by Crippen LogP contribution is 2.15. The quantitative estimate of drug-likeness (QED) is 0.683. The van der Waals surface area contributed by atoms with Gasteiger partial charge < -0.3 is 10.3 Å². The number of benzene rings is 1. The van der Waals surface area contributed by atoms with Crippen LogP contribution in [-0.2, 0) is 16.6 Å². The Labute approximate surface area is 125 Å². The summed E-state index contributed by atoms with van der Waals surface area (Å²) in [5, 5.41) is 3.36. The van der Waals surface area contributed by atoms with Crippen LogP contribution in [0, 0.1) is 6.92 Å². The van der Waals surface area contributed by atoms with Crippen LogP contribution in [0.15, 0.2) is 35.5 Å². The zero-order chi connectivity index (χ0) is 15.3. The Kier molecular flexibility index (Phi) is 4.98. The van der Waals surface area contributed by atoms with E-state index in [1.807, 2.05) is 12.1 Å². The van der Waals surface area contributed by atoms with E-state index in [2.05, 4.69) is 26.9 Å². The summed E-state index contributed by atoms with van der Waals surface area (Å²) >= 11 is 0. The zero-order valence-corrected chi connectivity index (χ0v) is 13.0. The average molecular weight is 308 g/mol. The van der Waals surface area contributed by atoms with Crippen molar-refractivity contribution in [3.63, 3.8) is 0 Å². The summed E-state index contributed by atoms with van der Waals surface area (Å²) in [5.74, 6) is 0.563. The van der Waals surface area contributed by atoms with Gasteiger partial charge in [0, 0.05) is 12.2 Å². The van der Waals surface area contributed by atoms with Crippen molar-refractivity contribution in [2.45, 2.75) is 31.8 Å². The summed E-state index contributed by atoms with van der Waals surface area (Å²) in [4.78, 5) is 6.61. The van der Waals surface area contributed by atoms with Gasteiger partial charge >= 0.3 is 0 Å². The minimum atomic E-state index is -3.61. The molecule has 1 heterocycles. The summed E-state index contributed by atoms with van der Waals surface area (Å²) in [7, 11) is -3.61. The van der Waals surface area contributed by atoms with Gasteiger partial charge in [-0.1, -0.05) is 19.1 Å². The fourth-order valence-corrected chi connectivity index (χ4v) is 2.88. The predicted octanol–water partition coefficient (Wildman–Crippen LogP) is 2.02. The number of aryl methyl sites for hydroxylation is 1. The average Bonchev–Trinajstić information content (AvgIpc) is 2.88. The number of aromatic nitrogens is 2. The largest absolute Gasteiger partial charge is 0.332 e. The van der Waals surface area contributed by atoms with Gasteiger partial charge in [-0.3, -0.25) is 4.72 Å². The van der Waals surface area contributed by atoms with Crippen LogP contribution >= 0.6 is 0 Å². The molecule has 0 bridgehead atoms. The summed E-state index contributed by atoms with van der Waals surface area (Å²) in [6.45, 7) is 5.56. The van der Waals surface area contributed by atoms with Crippen molar-refractivity contribution in [1.82, 2.24) is 15.3 Å². The maximum atomic E-state index is 12.1. The molecule has 0 fully saturated rings. The molecule has 0 atom stereocenters. The van der Waals surface area contributed by atoms with E-state index in [-0.39, 0.29) is 5.03 Å². The van der Waals surface area contributed by atoms with Crippen LogP contribution in [0.3, 0.4) is 0 Å². The van der Waals surface area contributed by atoms with E-state index >= 15 is 0 Å². The number of anilines is 1. The fourth-order valence-electron chi connectivity index (χ4n) is 1.85. The Hall–Kier alpha value is -1.86. The number of hydrogen-bond acceptors (Lipinski definition) is 4. The maximum absolute atomic E-state index is 12.1. The smallest absolute Gasteiger partial charge is 0.278 e. The third-order valence-corrected chi connectivity index (χ3v) is 4.22. The molecule has 3 N–H and O–H groups in total. The molecule has 2 aromatic rings. The van der Waals surface area contributed by atoms with E-state index in [0.29, 0.717) is 11.5 Å². The van der Waals surface area contributed by atoms with E-state index in [0.717, 1.165) is 25.1 Å². The first-order chi connectivity index (χ1) is 10.0. The molecule has 0 unspecified atom stereocenters. The lowest BCUT2D eigenvalue weighted by atomic mass is 10.2. The summed E-state index contributed by atoms with van der Waals surface area (Å²) in [6.07, 6.45) is 2.39. The minimum Gasteiger partial charge on any atom is -0.332 e. The van der Waals surface area contributed by atoms with Crippen LogP contribution in [0.1, 0.15) is 24.7 Å². The van der Waals surface area contributed by atoms with Crippen LogP contribution in [0.2, 0.25) is 0 Å². The number of rotatable bonds is 7. The number of nitrogens with one attached hydrogen (secondary N) is 3. The lowest BCUT2D eigenvalue weighted by Crippen LogP contribution is -2.15. The zero-order valence-electron chi connectivity index (χ0n) is 12.2. The molecule has 0 saturated carbocycles. The van der Waals surface area contributed by atoms with Gasteiger partial charge in [-0.25, -0.2) is 4.98 Å². The lowest BCUT2D eigenvalue weighted by molar-refractivity contribution is 0.598. The molecule has 2 rings (SSSR count). The van der Waals surface area contributed by atoms with Gasteiger partial charge in [0.1, 0.15) is 5.82 Å². The standard InChI is InChI=1S/C14H20N4O2S/c1-3-8-15-9-12-4-6-13(7-5-12)18-21(19,20)14-10-16-11(2)17-14/h4-7,10,15,18H,3,8-9H2,1-2H3,(H,16,17). The highest BCUT2D eigenvalue weighted by Gasteiger charge is 2.16. The molecule has 0 amide bonds. The molecule has 0 spiro atoms. The summed E-state index contributed by atoms with van der Waals surface area (Å²) in [6, 6.07) is 7.31. The molecule has 21 heavy (non-hydrogen) atoms. The number of hydrogen-bond donors (Lipinski definition) is 3.